The number of carbonyl (C=O) groups is 2. The summed E-state index contributed by atoms with van der Waals surface area (Å²) in [6, 6.07) is 15.2. The summed E-state index contributed by atoms with van der Waals surface area (Å²) >= 11 is 0. The van der Waals surface area contributed by atoms with Crippen molar-refractivity contribution in [2.24, 2.45) is 0 Å². The molecule has 0 saturated carbocycles. The Hall–Kier alpha value is -3.52. The SMILES string of the molecule is CCOc1ccccc1N1CCN(CCCN2C(=O)N/C(=C\c3cccc(OC)c3)C2=O)CC1. The van der Waals surface area contributed by atoms with Crippen LogP contribution >= 0.6 is 0 Å². The van der Waals surface area contributed by atoms with Crippen LogP contribution in [0.1, 0.15) is 18.9 Å². The molecule has 2 saturated heterocycles. The van der Waals surface area contributed by atoms with Crippen molar-refractivity contribution in [3.05, 3.63) is 59.8 Å². The molecule has 2 aromatic rings. The van der Waals surface area contributed by atoms with Gasteiger partial charge >= 0.3 is 6.03 Å². The number of benzene rings is 2. The lowest BCUT2D eigenvalue weighted by Crippen LogP contribution is -2.47. The first-order valence-electron chi connectivity index (χ1n) is 11.8. The molecule has 0 radical (unpaired) electrons. The summed E-state index contributed by atoms with van der Waals surface area (Å²) in [5.74, 6) is 1.34. The Balaban J connectivity index is 1.26. The third kappa shape index (κ3) is 5.51. The van der Waals surface area contributed by atoms with Crippen molar-refractivity contribution in [2.45, 2.75) is 13.3 Å². The average molecular weight is 465 g/mol. The summed E-state index contributed by atoms with van der Waals surface area (Å²) < 4.78 is 11.0. The molecule has 0 aliphatic carbocycles. The van der Waals surface area contributed by atoms with E-state index in [1.165, 1.54) is 4.90 Å². The number of ether oxygens (including phenoxy) is 2. The monoisotopic (exact) mass is 464 g/mol. The van der Waals surface area contributed by atoms with Crippen molar-refractivity contribution < 1.29 is 19.1 Å². The van der Waals surface area contributed by atoms with Gasteiger partial charge in [0.05, 0.1) is 19.4 Å². The quantitative estimate of drug-likeness (QED) is 0.454. The summed E-state index contributed by atoms with van der Waals surface area (Å²) in [7, 11) is 1.59. The largest absolute Gasteiger partial charge is 0.497 e. The van der Waals surface area contributed by atoms with Gasteiger partial charge in [0.25, 0.3) is 5.91 Å². The lowest BCUT2D eigenvalue weighted by Gasteiger charge is -2.36. The van der Waals surface area contributed by atoms with Gasteiger partial charge in [-0.1, -0.05) is 24.3 Å². The van der Waals surface area contributed by atoms with E-state index in [1.807, 2.05) is 49.4 Å². The maximum Gasteiger partial charge on any atom is 0.329 e. The third-order valence-electron chi connectivity index (χ3n) is 6.10. The zero-order chi connectivity index (χ0) is 23.9. The summed E-state index contributed by atoms with van der Waals surface area (Å²) in [5, 5.41) is 2.69. The minimum absolute atomic E-state index is 0.287. The molecule has 34 heavy (non-hydrogen) atoms. The van der Waals surface area contributed by atoms with Crippen molar-refractivity contribution in [1.29, 1.82) is 0 Å². The second kappa shape index (κ2) is 11.1. The van der Waals surface area contributed by atoms with Crippen LogP contribution in [-0.2, 0) is 4.79 Å². The zero-order valence-electron chi connectivity index (χ0n) is 19.8. The Bertz CT molecular complexity index is 1050. The molecule has 3 amide bonds. The molecule has 2 fully saturated rings. The van der Waals surface area contributed by atoms with Gasteiger partial charge in [0.2, 0.25) is 0 Å². The first-order chi connectivity index (χ1) is 16.6. The van der Waals surface area contributed by atoms with Crippen LogP contribution in [0.4, 0.5) is 10.5 Å². The molecule has 2 aliphatic rings. The highest BCUT2D eigenvalue weighted by Crippen LogP contribution is 2.28. The van der Waals surface area contributed by atoms with Crippen LogP contribution in [0, 0.1) is 0 Å². The van der Waals surface area contributed by atoms with E-state index >= 15 is 0 Å². The van der Waals surface area contributed by atoms with Crippen LogP contribution in [0.2, 0.25) is 0 Å². The van der Waals surface area contributed by atoms with Crippen molar-refractivity contribution in [3.63, 3.8) is 0 Å². The minimum atomic E-state index is -0.364. The smallest absolute Gasteiger partial charge is 0.329 e. The van der Waals surface area contributed by atoms with Gasteiger partial charge in [-0.25, -0.2) is 4.79 Å². The Morgan fingerprint density at radius 1 is 1.00 bits per heavy atom. The van der Waals surface area contributed by atoms with Crippen molar-refractivity contribution in [2.75, 3.05) is 57.9 Å². The van der Waals surface area contributed by atoms with E-state index in [0.717, 1.165) is 56.1 Å². The van der Waals surface area contributed by atoms with Gasteiger partial charge in [0, 0.05) is 32.7 Å². The summed E-state index contributed by atoms with van der Waals surface area (Å²) in [6.45, 7) is 7.58. The van der Waals surface area contributed by atoms with Gasteiger partial charge < -0.3 is 19.7 Å². The topological polar surface area (TPSA) is 74.3 Å². The number of nitrogens with zero attached hydrogens (tertiary/aromatic N) is 3. The number of imide groups is 1. The van der Waals surface area contributed by atoms with Crippen molar-refractivity contribution in [3.8, 4) is 11.5 Å². The number of para-hydroxylation sites is 2. The first-order valence-corrected chi connectivity index (χ1v) is 11.8. The fraction of sp³-hybridized carbons (Fsp3) is 0.385. The van der Waals surface area contributed by atoms with Gasteiger partial charge in [0.15, 0.2) is 0 Å². The van der Waals surface area contributed by atoms with E-state index in [1.54, 1.807) is 13.2 Å². The molecule has 180 valence electrons. The molecular weight excluding hydrogens is 432 g/mol. The Labute approximate surface area is 200 Å². The molecule has 2 aliphatic heterocycles. The van der Waals surface area contributed by atoms with Crippen LogP contribution in [0.5, 0.6) is 11.5 Å². The number of nitrogens with one attached hydrogen (secondary N) is 1. The summed E-state index contributed by atoms with van der Waals surface area (Å²) in [6.07, 6.45) is 2.42. The second-order valence-electron chi connectivity index (χ2n) is 8.30. The molecule has 0 aromatic heterocycles. The highest BCUT2D eigenvalue weighted by molar-refractivity contribution is 6.13. The number of methoxy groups -OCH3 is 1. The summed E-state index contributed by atoms with van der Waals surface area (Å²) in [4.78, 5) is 31.2. The van der Waals surface area contributed by atoms with E-state index in [9.17, 15) is 9.59 Å². The second-order valence-corrected chi connectivity index (χ2v) is 8.30. The van der Waals surface area contributed by atoms with E-state index in [-0.39, 0.29) is 11.9 Å². The third-order valence-corrected chi connectivity index (χ3v) is 6.10. The Kier molecular flexibility index (Phi) is 7.69. The van der Waals surface area contributed by atoms with Gasteiger partial charge in [-0.15, -0.1) is 0 Å². The predicted octanol–water partition coefficient (Wildman–Crippen LogP) is 3.20. The van der Waals surface area contributed by atoms with Crippen LogP contribution in [0.15, 0.2) is 54.2 Å². The molecule has 8 heteroatoms. The predicted molar refractivity (Wildman–Crippen MR) is 132 cm³/mol. The molecule has 8 nitrogen and oxygen atoms in total. The molecule has 0 atom stereocenters. The molecular formula is C26H32N4O4. The minimum Gasteiger partial charge on any atom is -0.497 e. The number of piperazine rings is 1. The molecule has 2 heterocycles. The number of hydrogen-bond donors (Lipinski definition) is 1. The highest BCUT2D eigenvalue weighted by Gasteiger charge is 2.33. The fourth-order valence-corrected chi connectivity index (χ4v) is 4.33. The number of amides is 3. The van der Waals surface area contributed by atoms with Gasteiger partial charge in [0.1, 0.15) is 17.2 Å². The number of urea groups is 1. The summed E-state index contributed by atoms with van der Waals surface area (Å²) in [5.41, 5.74) is 2.23. The lowest BCUT2D eigenvalue weighted by molar-refractivity contribution is -0.122. The van der Waals surface area contributed by atoms with Crippen molar-refractivity contribution >= 4 is 23.7 Å². The first kappa shape index (κ1) is 23.6. The van der Waals surface area contributed by atoms with Crippen LogP contribution in [0.3, 0.4) is 0 Å². The maximum absolute atomic E-state index is 12.8. The van der Waals surface area contributed by atoms with E-state index in [0.29, 0.717) is 24.6 Å². The standard InChI is InChI=1S/C26H32N4O4/c1-3-34-24-11-5-4-10-23(24)29-16-14-28(15-17-29)12-7-13-30-25(31)22(27-26(30)32)19-20-8-6-9-21(18-20)33-2/h4-6,8-11,18-19H,3,7,12-17H2,1-2H3,(H,27,32)/b22-19-. The molecule has 2 aromatic carbocycles. The average Bonchev–Trinajstić information content (AvgIpc) is 3.12. The van der Waals surface area contributed by atoms with E-state index in [2.05, 4.69) is 21.2 Å². The molecule has 0 unspecified atom stereocenters. The molecule has 4 rings (SSSR count). The highest BCUT2D eigenvalue weighted by atomic mass is 16.5. The van der Waals surface area contributed by atoms with Gasteiger partial charge in [-0.05, 0) is 55.8 Å². The maximum atomic E-state index is 12.8. The molecule has 0 spiro atoms. The Morgan fingerprint density at radius 2 is 1.79 bits per heavy atom. The fourth-order valence-electron chi connectivity index (χ4n) is 4.33. The lowest BCUT2D eigenvalue weighted by atomic mass is 10.2. The normalized spacial score (nSPS) is 17.9. The van der Waals surface area contributed by atoms with Crippen molar-refractivity contribution in [1.82, 2.24) is 15.1 Å². The van der Waals surface area contributed by atoms with Crippen LogP contribution in [-0.4, -0.2) is 74.7 Å². The number of rotatable bonds is 9. The number of hydrogen-bond acceptors (Lipinski definition) is 6. The zero-order valence-corrected chi connectivity index (χ0v) is 19.8. The van der Waals surface area contributed by atoms with E-state index in [4.69, 9.17) is 9.47 Å². The van der Waals surface area contributed by atoms with Crippen LogP contribution in [0.25, 0.3) is 6.08 Å². The molecule has 1 N–H and O–H groups in total. The number of anilines is 1. The van der Waals surface area contributed by atoms with Gasteiger partial charge in [-0.2, -0.15) is 0 Å². The number of carbonyl (C=O) groups excluding carboxylic acids is 2. The van der Waals surface area contributed by atoms with Gasteiger partial charge in [-0.3, -0.25) is 14.6 Å². The van der Waals surface area contributed by atoms with E-state index < -0.39 is 0 Å². The Morgan fingerprint density at radius 3 is 2.56 bits per heavy atom. The van der Waals surface area contributed by atoms with Crippen LogP contribution < -0.4 is 19.7 Å². The molecule has 0 bridgehead atoms.